The quantitative estimate of drug-likeness (QED) is 0.552. The summed E-state index contributed by atoms with van der Waals surface area (Å²) in [6.07, 6.45) is 0. The van der Waals surface area contributed by atoms with Gasteiger partial charge in [-0.05, 0) is 32.0 Å². The predicted octanol–water partition coefficient (Wildman–Crippen LogP) is 0.271. The fraction of sp³-hybridized carbons (Fsp3) is 0.529. The normalized spacial score (nSPS) is 17.4. The van der Waals surface area contributed by atoms with E-state index in [2.05, 4.69) is 16.0 Å². The molecule has 0 spiro atoms. The van der Waals surface area contributed by atoms with Gasteiger partial charge in [0.05, 0.1) is 18.2 Å². The smallest absolute Gasteiger partial charge is 0.253 e. The van der Waals surface area contributed by atoms with Crippen LogP contribution in [-0.4, -0.2) is 56.8 Å². The largest absolute Gasteiger partial charge is 0.398 e. The Morgan fingerprint density at radius 1 is 1.44 bits per heavy atom. The minimum Gasteiger partial charge on any atom is -0.398 e. The van der Waals surface area contributed by atoms with Crippen LogP contribution in [0.1, 0.15) is 24.2 Å². The van der Waals surface area contributed by atoms with Crippen molar-refractivity contribution in [3.05, 3.63) is 23.8 Å². The fourth-order valence-corrected chi connectivity index (χ4v) is 2.73. The molecule has 138 valence electrons. The van der Waals surface area contributed by atoms with Crippen LogP contribution in [0.25, 0.3) is 0 Å². The van der Waals surface area contributed by atoms with Gasteiger partial charge in [-0.15, -0.1) is 0 Å². The van der Waals surface area contributed by atoms with Crippen LogP contribution < -0.4 is 26.6 Å². The molecule has 1 aromatic carbocycles. The molecule has 5 N–H and O–H groups in total. The number of nitrogens with two attached hydrogens (primary N) is 1. The lowest BCUT2D eigenvalue weighted by Crippen LogP contribution is -2.51. The van der Waals surface area contributed by atoms with E-state index in [0.29, 0.717) is 24.3 Å². The average Bonchev–Trinajstić information content (AvgIpc) is 2.59. The topological polar surface area (TPSA) is 99.5 Å². The summed E-state index contributed by atoms with van der Waals surface area (Å²) >= 11 is 0. The molecule has 1 aliphatic heterocycles. The van der Waals surface area contributed by atoms with Crippen LogP contribution in [0.15, 0.2) is 18.2 Å². The van der Waals surface area contributed by atoms with Gasteiger partial charge < -0.3 is 26.6 Å². The Balaban J connectivity index is 2.05. The zero-order valence-corrected chi connectivity index (χ0v) is 14.6. The Bertz CT molecular complexity index is 623. The van der Waals surface area contributed by atoms with Gasteiger partial charge in [-0.1, -0.05) is 0 Å². The lowest BCUT2D eigenvalue weighted by atomic mass is 10.1. The Labute approximate surface area is 147 Å². The van der Waals surface area contributed by atoms with Crippen molar-refractivity contribution in [3.63, 3.8) is 0 Å². The van der Waals surface area contributed by atoms with Gasteiger partial charge in [0.2, 0.25) is 5.91 Å². The van der Waals surface area contributed by atoms with Crippen LogP contribution in [0.3, 0.4) is 0 Å². The van der Waals surface area contributed by atoms with Crippen molar-refractivity contribution >= 4 is 23.2 Å². The van der Waals surface area contributed by atoms with E-state index in [1.54, 1.807) is 12.1 Å². The van der Waals surface area contributed by atoms with Crippen molar-refractivity contribution in [1.82, 2.24) is 16.0 Å². The summed E-state index contributed by atoms with van der Waals surface area (Å²) in [6, 6.07) is 4.95. The van der Waals surface area contributed by atoms with Crippen LogP contribution in [0.4, 0.5) is 15.8 Å². The Morgan fingerprint density at radius 3 is 2.88 bits per heavy atom. The number of carbonyl (C=O) groups excluding carboxylic acids is 2. The van der Waals surface area contributed by atoms with Crippen LogP contribution >= 0.6 is 0 Å². The van der Waals surface area contributed by atoms with E-state index < -0.39 is 12.6 Å². The van der Waals surface area contributed by atoms with E-state index in [0.717, 1.165) is 12.2 Å². The molecule has 2 rings (SSSR count). The lowest BCUT2D eigenvalue weighted by molar-refractivity contribution is -0.120. The number of carbonyl (C=O) groups is 2. The van der Waals surface area contributed by atoms with Crippen molar-refractivity contribution in [2.75, 3.05) is 43.5 Å². The summed E-state index contributed by atoms with van der Waals surface area (Å²) in [4.78, 5) is 26.0. The number of hydrogen-bond acceptors (Lipinski definition) is 5. The van der Waals surface area contributed by atoms with Crippen molar-refractivity contribution in [3.8, 4) is 0 Å². The second-order valence-electron chi connectivity index (χ2n) is 6.43. The van der Waals surface area contributed by atoms with Crippen LogP contribution in [0.5, 0.6) is 0 Å². The van der Waals surface area contributed by atoms with Crippen molar-refractivity contribution < 1.29 is 14.0 Å². The molecule has 0 radical (unpaired) electrons. The van der Waals surface area contributed by atoms with Crippen molar-refractivity contribution in [1.29, 1.82) is 0 Å². The van der Waals surface area contributed by atoms with E-state index in [1.807, 2.05) is 24.8 Å². The third kappa shape index (κ3) is 5.32. The van der Waals surface area contributed by atoms with E-state index in [1.165, 1.54) is 0 Å². The fourth-order valence-electron chi connectivity index (χ4n) is 2.73. The van der Waals surface area contributed by atoms with Gasteiger partial charge in [-0.3, -0.25) is 9.59 Å². The highest BCUT2D eigenvalue weighted by Crippen LogP contribution is 2.22. The van der Waals surface area contributed by atoms with E-state index >= 15 is 0 Å². The zero-order chi connectivity index (χ0) is 18.4. The SMILES string of the molecule is CC(C)NC(=O)CNC(=O)c1cc(N2CCNC(CF)C2)ccc1N. The summed E-state index contributed by atoms with van der Waals surface area (Å²) in [5.41, 5.74) is 7.37. The minimum atomic E-state index is -0.441. The molecular weight excluding hydrogens is 325 g/mol. The molecule has 0 bridgehead atoms. The minimum absolute atomic E-state index is 0.00830. The maximum atomic E-state index is 12.9. The maximum Gasteiger partial charge on any atom is 0.253 e. The second-order valence-corrected chi connectivity index (χ2v) is 6.43. The monoisotopic (exact) mass is 351 g/mol. The van der Waals surface area contributed by atoms with Crippen LogP contribution in [0.2, 0.25) is 0 Å². The molecule has 1 heterocycles. The van der Waals surface area contributed by atoms with Gasteiger partial charge in [0.25, 0.3) is 5.91 Å². The van der Waals surface area contributed by atoms with Gasteiger partial charge in [0.1, 0.15) is 6.67 Å². The summed E-state index contributed by atoms with van der Waals surface area (Å²) in [5.74, 6) is -0.665. The molecule has 1 aromatic rings. The molecule has 0 aliphatic carbocycles. The number of halogens is 1. The highest BCUT2D eigenvalue weighted by atomic mass is 19.1. The van der Waals surface area contributed by atoms with E-state index in [9.17, 15) is 14.0 Å². The number of alkyl halides is 1. The summed E-state index contributed by atoms with van der Waals surface area (Å²) in [7, 11) is 0. The van der Waals surface area contributed by atoms with Gasteiger partial charge in [0.15, 0.2) is 0 Å². The molecule has 0 saturated carbocycles. The molecule has 1 aliphatic rings. The molecule has 1 unspecified atom stereocenters. The molecule has 1 atom stereocenters. The van der Waals surface area contributed by atoms with Gasteiger partial charge in [0, 0.05) is 37.1 Å². The van der Waals surface area contributed by atoms with E-state index in [-0.39, 0.29) is 24.5 Å². The first kappa shape index (κ1) is 19.0. The number of benzene rings is 1. The number of amides is 2. The molecule has 0 aromatic heterocycles. The third-order valence-electron chi connectivity index (χ3n) is 3.95. The number of rotatable bonds is 6. The molecular formula is C17H26FN5O2. The first-order chi connectivity index (χ1) is 11.9. The highest BCUT2D eigenvalue weighted by Gasteiger charge is 2.21. The Kier molecular flexibility index (Phi) is 6.58. The van der Waals surface area contributed by atoms with Crippen molar-refractivity contribution in [2.24, 2.45) is 0 Å². The zero-order valence-electron chi connectivity index (χ0n) is 14.6. The predicted molar refractivity (Wildman–Crippen MR) is 96.4 cm³/mol. The number of nitrogen functional groups attached to an aromatic ring is 1. The molecule has 1 fully saturated rings. The average molecular weight is 351 g/mol. The summed E-state index contributed by atoms with van der Waals surface area (Å²) < 4.78 is 12.9. The first-order valence-electron chi connectivity index (χ1n) is 8.42. The standard InChI is InChI=1S/C17H26FN5O2/c1-11(2)22-16(24)9-21-17(25)14-7-13(3-4-15(14)19)23-6-5-20-12(8-18)10-23/h3-4,7,11-12,20H,5-6,8-10,19H2,1-2H3,(H,21,25)(H,22,24). The van der Waals surface area contributed by atoms with E-state index in [4.69, 9.17) is 5.73 Å². The molecule has 7 nitrogen and oxygen atoms in total. The molecule has 1 saturated heterocycles. The lowest BCUT2D eigenvalue weighted by Gasteiger charge is -2.34. The summed E-state index contributed by atoms with van der Waals surface area (Å²) in [6.45, 7) is 5.06. The third-order valence-corrected chi connectivity index (χ3v) is 3.95. The Hall–Kier alpha value is -2.35. The van der Waals surface area contributed by atoms with Crippen molar-refractivity contribution in [2.45, 2.75) is 25.9 Å². The highest BCUT2D eigenvalue weighted by molar-refractivity contribution is 6.01. The molecule has 8 heteroatoms. The Morgan fingerprint density at radius 2 is 2.20 bits per heavy atom. The number of hydrogen-bond donors (Lipinski definition) is 4. The second kappa shape index (κ2) is 8.66. The summed E-state index contributed by atoms with van der Waals surface area (Å²) in [5, 5.41) is 8.38. The van der Waals surface area contributed by atoms with Crippen LogP contribution in [-0.2, 0) is 4.79 Å². The number of nitrogens with one attached hydrogen (secondary N) is 3. The van der Waals surface area contributed by atoms with Crippen LogP contribution in [0, 0.1) is 0 Å². The van der Waals surface area contributed by atoms with Gasteiger partial charge >= 0.3 is 0 Å². The number of anilines is 2. The number of piperazine rings is 1. The first-order valence-corrected chi connectivity index (χ1v) is 8.42. The maximum absolute atomic E-state index is 12.9. The number of nitrogens with zero attached hydrogens (tertiary/aromatic N) is 1. The van der Waals surface area contributed by atoms with Gasteiger partial charge in [-0.25, -0.2) is 4.39 Å². The van der Waals surface area contributed by atoms with Gasteiger partial charge in [-0.2, -0.15) is 0 Å². The molecule has 25 heavy (non-hydrogen) atoms. The molecule has 2 amide bonds.